The van der Waals surface area contributed by atoms with E-state index in [1.54, 1.807) is 20.0 Å². The van der Waals surface area contributed by atoms with Crippen molar-refractivity contribution in [3.05, 3.63) is 11.9 Å². The van der Waals surface area contributed by atoms with E-state index in [0.717, 1.165) is 45.0 Å². The molecule has 1 fully saturated rings. The summed E-state index contributed by atoms with van der Waals surface area (Å²) in [6.45, 7) is 10.2. The second kappa shape index (κ2) is 10.7. The highest BCUT2D eigenvalue weighted by Gasteiger charge is 2.19. The SMILES string of the molecule is C[C@H](O)CN1CCN(Cc2cn(CC(=O)O)nn2)CCN(C[C@H](C)O)CC1. The van der Waals surface area contributed by atoms with Crippen molar-refractivity contribution in [3.8, 4) is 0 Å². The number of aromatic nitrogens is 3. The van der Waals surface area contributed by atoms with Gasteiger partial charge in [0.1, 0.15) is 6.54 Å². The van der Waals surface area contributed by atoms with Gasteiger partial charge in [0.15, 0.2) is 0 Å². The summed E-state index contributed by atoms with van der Waals surface area (Å²) in [6.07, 6.45) is 0.891. The standard InChI is InChI=1S/C17H32N6O4/c1-14(24)9-20-3-4-21(10-15(2)25)6-8-22(7-5-20)11-16-12-23(19-18-16)13-17(26)27/h12,14-15,24-25H,3-11,13H2,1-2H3,(H,26,27)/t14-,15-/m0/s1. The summed E-state index contributed by atoms with van der Waals surface area (Å²) in [5, 5.41) is 36.3. The molecular formula is C17H32N6O4. The highest BCUT2D eigenvalue weighted by Crippen LogP contribution is 2.06. The van der Waals surface area contributed by atoms with Crippen LogP contribution in [0.3, 0.4) is 0 Å². The zero-order chi connectivity index (χ0) is 19.8. The highest BCUT2D eigenvalue weighted by molar-refractivity contribution is 5.66. The molecule has 1 aromatic rings. The van der Waals surface area contributed by atoms with Gasteiger partial charge in [0, 0.05) is 58.9 Å². The molecule has 0 bridgehead atoms. The topological polar surface area (TPSA) is 118 Å². The monoisotopic (exact) mass is 384 g/mol. The van der Waals surface area contributed by atoms with Gasteiger partial charge in [0.25, 0.3) is 0 Å². The average molecular weight is 384 g/mol. The number of aliphatic carboxylic acids is 1. The minimum atomic E-state index is -0.947. The summed E-state index contributed by atoms with van der Waals surface area (Å²) >= 11 is 0. The minimum absolute atomic E-state index is 0.197. The molecule has 154 valence electrons. The summed E-state index contributed by atoms with van der Waals surface area (Å²) < 4.78 is 1.33. The third-order valence-electron chi connectivity index (χ3n) is 4.51. The fourth-order valence-electron chi connectivity index (χ4n) is 3.31. The number of rotatable bonds is 8. The zero-order valence-electron chi connectivity index (χ0n) is 16.2. The van der Waals surface area contributed by atoms with E-state index in [-0.39, 0.29) is 18.8 Å². The molecule has 0 spiro atoms. The number of β-amino-alcohol motifs (C(OH)–C–C–N with tert-alkyl or cyclic N) is 2. The zero-order valence-corrected chi connectivity index (χ0v) is 16.2. The van der Waals surface area contributed by atoms with E-state index in [1.807, 2.05) is 0 Å². The number of aliphatic hydroxyl groups is 2. The molecule has 10 nitrogen and oxygen atoms in total. The average Bonchev–Trinajstić information content (AvgIpc) is 3.00. The second-order valence-electron chi connectivity index (χ2n) is 7.38. The first-order valence-electron chi connectivity index (χ1n) is 9.46. The maximum Gasteiger partial charge on any atom is 0.325 e. The third-order valence-corrected chi connectivity index (χ3v) is 4.51. The fraction of sp³-hybridized carbons (Fsp3) is 0.824. The van der Waals surface area contributed by atoms with E-state index in [1.165, 1.54) is 4.68 Å². The molecule has 1 aliphatic rings. The number of carbonyl (C=O) groups is 1. The lowest BCUT2D eigenvalue weighted by molar-refractivity contribution is -0.137. The summed E-state index contributed by atoms with van der Waals surface area (Å²) in [5.74, 6) is -0.947. The molecule has 0 aromatic carbocycles. The van der Waals surface area contributed by atoms with Crippen LogP contribution in [0.4, 0.5) is 0 Å². The first-order valence-corrected chi connectivity index (χ1v) is 9.46. The van der Waals surface area contributed by atoms with Crippen molar-refractivity contribution in [1.29, 1.82) is 0 Å². The van der Waals surface area contributed by atoms with Gasteiger partial charge in [-0.1, -0.05) is 5.21 Å². The third kappa shape index (κ3) is 8.31. The number of carboxylic acid groups (broad SMARTS) is 1. The molecule has 2 heterocycles. The Kier molecular flexibility index (Phi) is 8.58. The Bertz CT molecular complexity index is 558. The summed E-state index contributed by atoms with van der Waals surface area (Å²) in [5.41, 5.74) is 0.736. The number of aliphatic hydroxyl groups excluding tert-OH is 2. The molecule has 10 heteroatoms. The largest absolute Gasteiger partial charge is 0.480 e. The Morgan fingerprint density at radius 3 is 1.93 bits per heavy atom. The van der Waals surface area contributed by atoms with E-state index in [2.05, 4.69) is 25.0 Å². The quantitative estimate of drug-likeness (QED) is 0.494. The van der Waals surface area contributed by atoms with Crippen molar-refractivity contribution in [2.24, 2.45) is 0 Å². The molecular weight excluding hydrogens is 352 g/mol. The lowest BCUT2D eigenvalue weighted by atomic mass is 10.3. The van der Waals surface area contributed by atoms with Crippen LogP contribution in [0.2, 0.25) is 0 Å². The first-order chi connectivity index (χ1) is 12.8. The van der Waals surface area contributed by atoms with E-state index in [0.29, 0.717) is 19.6 Å². The minimum Gasteiger partial charge on any atom is -0.480 e. The van der Waals surface area contributed by atoms with Gasteiger partial charge in [-0.3, -0.25) is 19.5 Å². The van der Waals surface area contributed by atoms with Crippen molar-refractivity contribution in [3.63, 3.8) is 0 Å². The van der Waals surface area contributed by atoms with Crippen LogP contribution in [0.15, 0.2) is 6.20 Å². The van der Waals surface area contributed by atoms with Crippen molar-refractivity contribution in [1.82, 2.24) is 29.7 Å². The molecule has 1 aliphatic heterocycles. The van der Waals surface area contributed by atoms with Gasteiger partial charge in [0.2, 0.25) is 0 Å². The Morgan fingerprint density at radius 1 is 1.00 bits per heavy atom. The van der Waals surface area contributed by atoms with Crippen LogP contribution in [0.1, 0.15) is 19.5 Å². The molecule has 2 rings (SSSR count). The van der Waals surface area contributed by atoms with Gasteiger partial charge in [-0.2, -0.15) is 0 Å². The van der Waals surface area contributed by atoms with E-state index in [9.17, 15) is 15.0 Å². The van der Waals surface area contributed by atoms with Crippen LogP contribution in [0.5, 0.6) is 0 Å². The number of carboxylic acids is 1. The van der Waals surface area contributed by atoms with Crippen LogP contribution < -0.4 is 0 Å². The predicted octanol–water partition coefficient (Wildman–Crippen LogP) is -1.46. The number of nitrogens with zero attached hydrogens (tertiary/aromatic N) is 6. The van der Waals surface area contributed by atoms with Crippen molar-refractivity contribution < 1.29 is 20.1 Å². The summed E-state index contributed by atoms with van der Waals surface area (Å²) in [4.78, 5) is 17.5. The van der Waals surface area contributed by atoms with Gasteiger partial charge in [-0.05, 0) is 13.8 Å². The predicted molar refractivity (Wildman–Crippen MR) is 99.2 cm³/mol. The Balaban J connectivity index is 2.00. The molecule has 3 N–H and O–H groups in total. The smallest absolute Gasteiger partial charge is 0.325 e. The van der Waals surface area contributed by atoms with Gasteiger partial charge >= 0.3 is 5.97 Å². The lowest BCUT2D eigenvalue weighted by Gasteiger charge is -2.27. The van der Waals surface area contributed by atoms with Crippen LogP contribution in [-0.2, 0) is 17.9 Å². The molecule has 1 saturated heterocycles. The Morgan fingerprint density at radius 2 is 1.48 bits per heavy atom. The van der Waals surface area contributed by atoms with E-state index >= 15 is 0 Å². The first kappa shape index (κ1) is 21.7. The van der Waals surface area contributed by atoms with Crippen molar-refractivity contribution >= 4 is 5.97 Å². The Labute approximate surface area is 160 Å². The van der Waals surface area contributed by atoms with Gasteiger partial charge in [0.05, 0.1) is 24.1 Å². The molecule has 0 radical (unpaired) electrons. The van der Waals surface area contributed by atoms with Crippen molar-refractivity contribution in [2.45, 2.75) is 39.1 Å². The molecule has 0 aliphatic carbocycles. The van der Waals surface area contributed by atoms with Gasteiger partial charge in [-0.25, -0.2) is 4.68 Å². The van der Waals surface area contributed by atoms with Crippen molar-refractivity contribution in [2.75, 3.05) is 52.4 Å². The molecule has 0 unspecified atom stereocenters. The molecule has 0 amide bonds. The second-order valence-corrected chi connectivity index (χ2v) is 7.38. The highest BCUT2D eigenvalue weighted by atomic mass is 16.4. The molecule has 0 saturated carbocycles. The van der Waals surface area contributed by atoms with E-state index < -0.39 is 5.97 Å². The Hall–Kier alpha value is -1.59. The molecule has 2 atom stereocenters. The fourth-order valence-corrected chi connectivity index (χ4v) is 3.31. The number of hydrogen-bond acceptors (Lipinski definition) is 8. The molecule has 1 aromatic heterocycles. The normalized spacial score (nSPS) is 20.6. The maximum atomic E-state index is 10.8. The summed E-state index contributed by atoms with van der Waals surface area (Å²) in [7, 11) is 0. The lowest BCUT2D eigenvalue weighted by Crippen LogP contribution is -2.41. The van der Waals surface area contributed by atoms with Crippen LogP contribution in [0.25, 0.3) is 0 Å². The van der Waals surface area contributed by atoms with Crippen LogP contribution in [-0.4, -0.2) is 116 Å². The molecule has 27 heavy (non-hydrogen) atoms. The van der Waals surface area contributed by atoms with Gasteiger partial charge < -0.3 is 15.3 Å². The summed E-state index contributed by atoms with van der Waals surface area (Å²) in [6, 6.07) is 0. The van der Waals surface area contributed by atoms with Crippen LogP contribution >= 0.6 is 0 Å². The van der Waals surface area contributed by atoms with Gasteiger partial charge in [-0.15, -0.1) is 5.10 Å². The maximum absolute atomic E-state index is 10.8. The van der Waals surface area contributed by atoms with Crippen LogP contribution in [0, 0.1) is 0 Å². The van der Waals surface area contributed by atoms with E-state index in [4.69, 9.17) is 5.11 Å². The number of hydrogen-bond donors (Lipinski definition) is 3.